The smallest absolute Gasteiger partial charge is 0.123 e. The van der Waals surface area contributed by atoms with Gasteiger partial charge in [0, 0.05) is 16.6 Å². The fourth-order valence-corrected chi connectivity index (χ4v) is 3.12. The third-order valence-electron chi connectivity index (χ3n) is 3.95. The molecule has 2 nitrogen and oxygen atoms in total. The maximum atomic E-state index is 13.6. The summed E-state index contributed by atoms with van der Waals surface area (Å²) >= 11 is 6.26. The number of benzene rings is 2. The van der Waals surface area contributed by atoms with E-state index in [4.69, 9.17) is 11.6 Å². The fourth-order valence-electron chi connectivity index (χ4n) is 2.88. The van der Waals surface area contributed by atoms with Gasteiger partial charge in [-0.3, -0.25) is 0 Å². The molecule has 0 aliphatic carbocycles. The van der Waals surface area contributed by atoms with E-state index in [1.165, 1.54) is 6.07 Å². The fraction of sp³-hybridized carbons (Fsp3) is 0.222. The van der Waals surface area contributed by atoms with Crippen LogP contribution in [-0.2, 0) is 0 Å². The predicted octanol–water partition coefficient (Wildman–Crippen LogP) is 4.63. The quantitative estimate of drug-likeness (QED) is 0.726. The second-order valence-corrected chi connectivity index (χ2v) is 5.77. The van der Waals surface area contributed by atoms with E-state index in [-0.39, 0.29) is 11.9 Å². The zero-order chi connectivity index (χ0) is 15.5. The highest BCUT2D eigenvalue weighted by molar-refractivity contribution is 6.35. The van der Waals surface area contributed by atoms with Gasteiger partial charge in [-0.05, 0) is 55.9 Å². The zero-order valence-corrected chi connectivity index (χ0v) is 13.1. The van der Waals surface area contributed by atoms with Gasteiger partial charge in [0.05, 0.1) is 11.6 Å². The van der Waals surface area contributed by atoms with Gasteiger partial charge in [-0.1, -0.05) is 29.8 Å². The van der Waals surface area contributed by atoms with Crippen molar-refractivity contribution in [1.82, 2.24) is 9.88 Å². The molecule has 4 heteroatoms. The van der Waals surface area contributed by atoms with Crippen molar-refractivity contribution in [3.05, 3.63) is 71.1 Å². The number of nitrogens with zero attached hydrogens (tertiary/aromatic N) is 1. The Hall–Kier alpha value is -1.84. The molecule has 0 radical (unpaired) electrons. The first-order chi connectivity index (χ1) is 10.7. The summed E-state index contributed by atoms with van der Waals surface area (Å²) in [7, 11) is 1.92. The Kier molecular flexibility index (Phi) is 4.46. The van der Waals surface area contributed by atoms with Crippen molar-refractivity contribution in [2.75, 3.05) is 13.6 Å². The Labute approximate surface area is 134 Å². The minimum Gasteiger partial charge on any atom is -0.340 e. The average molecular weight is 317 g/mol. The second kappa shape index (κ2) is 6.51. The van der Waals surface area contributed by atoms with Crippen LogP contribution in [0.1, 0.15) is 18.0 Å². The number of nitrogens with one attached hydrogen (secondary N) is 1. The molecular weight excluding hydrogens is 299 g/mol. The van der Waals surface area contributed by atoms with Crippen LogP contribution in [0.5, 0.6) is 0 Å². The number of fused-ring (bicyclic) bond motifs is 1. The number of hydrogen-bond acceptors (Lipinski definition) is 1. The first kappa shape index (κ1) is 15.1. The summed E-state index contributed by atoms with van der Waals surface area (Å²) in [5.74, 6) is -0.207. The third kappa shape index (κ3) is 2.87. The van der Waals surface area contributed by atoms with Crippen LogP contribution in [0.25, 0.3) is 10.9 Å². The van der Waals surface area contributed by atoms with Crippen molar-refractivity contribution < 1.29 is 4.39 Å². The van der Waals surface area contributed by atoms with E-state index in [0.717, 1.165) is 34.5 Å². The molecule has 0 saturated carbocycles. The largest absolute Gasteiger partial charge is 0.340 e. The van der Waals surface area contributed by atoms with Gasteiger partial charge in [0.2, 0.25) is 0 Å². The van der Waals surface area contributed by atoms with Gasteiger partial charge in [-0.25, -0.2) is 4.39 Å². The van der Waals surface area contributed by atoms with Crippen LogP contribution in [0, 0.1) is 5.82 Å². The highest BCUT2D eigenvalue weighted by Crippen LogP contribution is 2.31. The van der Waals surface area contributed by atoms with E-state index < -0.39 is 0 Å². The molecule has 22 heavy (non-hydrogen) atoms. The molecule has 0 aliphatic heterocycles. The second-order valence-electron chi connectivity index (χ2n) is 5.36. The summed E-state index contributed by atoms with van der Waals surface area (Å²) in [6, 6.07) is 14.8. The number of rotatable bonds is 5. The standard InChI is InChI=1S/C18H18ClFN2/c1-21-10-8-17(13-4-2-5-14(20)12-13)22-11-9-15-16(19)6-3-7-18(15)22/h2-7,9,11-12,17,21H,8,10H2,1H3. The summed E-state index contributed by atoms with van der Waals surface area (Å²) in [5.41, 5.74) is 2.03. The molecule has 0 saturated heterocycles. The van der Waals surface area contributed by atoms with Gasteiger partial charge in [-0.15, -0.1) is 0 Å². The molecule has 1 aromatic heterocycles. The van der Waals surface area contributed by atoms with Crippen LogP contribution < -0.4 is 5.32 Å². The Morgan fingerprint density at radius 3 is 2.77 bits per heavy atom. The van der Waals surface area contributed by atoms with Crippen molar-refractivity contribution in [2.45, 2.75) is 12.5 Å². The molecule has 3 rings (SSSR count). The average Bonchev–Trinajstić information content (AvgIpc) is 2.93. The number of hydrogen-bond donors (Lipinski definition) is 1. The van der Waals surface area contributed by atoms with Crippen molar-refractivity contribution in [1.29, 1.82) is 0 Å². The summed E-state index contributed by atoms with van der Waals surface area (Å²) in [6.07, 6.45) is 2.90. The van der Waals surface area contributed by atoms with Gasteiger partial charge in [0.15, 0.2) is 0 Å². The highest BCUT2D eigenvalue weighted by Gasteiger charge is 2.16. The summed E-state index contributed by atoms with van der Waals surface area (Å²) in [4.78, 5) is 0. The Bertz CT molecular complexity index is 782. The Morgan fingerprint density at radius 2 is 2.00 bits per heavy atom. The monoisotopic (exact) mass is 316 g/mol. The van der Waals surface area contributed by atoms with Crippen molar-refractivity contribution in [3.63, 3.8) is 0 Å². The molecule has 114 valence electrons. The van der Waals surface area contributed by atoms with Gasteiger partial charge in [0.25, 0.3) is 0 Å². The Balaban J connectivity index is 2.10. The molecule has 1 N–H and O–H groups in total. The normalized spacial score (nSPS) is 12.7. The summed E-state index contributed by atoms with van der Waals surface area (Å²) in [5, 5.41) is 4.93. The van der Waals surface area contributed by atoms with E-state index >= 15 is 0 Å². The molecule has 0 spiro atoms. The zero-order valence-electron chi connectivity index (χ0n) is 12.4. The molecule has 0 aliphatic rings. The summed E-state index contributed by atoms with van der Waals surface area (Å²) in [6.45, 7) is 0.849. The van der Waals surface area contributed by atoms with E-state index in [0.29, 0.717) is 0 Å². The number of aromatic nitrogens is 1. The molecule has 1 unspecified atom stereocenters. The minimum atomic E-state index is -0.207. The molecule has 0 bridgehead atoms. The maximum Gasteiger partial charge on any atom is 0.123 e. The lowest BCUT2D eigenvalue weighted by Gasteiger charge is -2.21. The van der Waals surface area contributed by atoms with Gasteiger partial charge < -0.3 is 9.88 Å². The van der Waals surface area contributed by atoms with E-state index in [1.54, 1.807) is 12.1 Å². The predicted molar refractivity (Wildman–Crippen MR) is 90.0 cm³/mol. The third-order valence-corrected chi connectivity index (χ3v) is 4.28. The van der Waals surface area contributed by atoms with Crippen molar-refractivity contribution in [3.8, 4) is 0 Å². The van der Waals surface area contributed by atoms with Crippen LogP contribution in [0.4, 0.5) is 4.39 Å². The lowest BCUT2D eigenvalue weighted by Crippen LogP contribution is -2.17. The van der Waals surface area contributed by atoms with Gasteiger partial charge in [-0.2, -0.15) is 0 Å². The topological polar surface area (TPSA) is 17.0 Å². The van der Waals surface area contributed by atoms with Crippen LogP contribution >= 0.6 is 11.6 Å². The minimum absolute atomic E-state index is 0.0686. The first-order valence-electron chi connectivity index (χ1n) is 7.36. The molecular formula is C18H18ClFN2. The van der Waals surface area contributed by atoms with Crippen LogP contribution in [-0.4, -0.2) is 18.2 Å². The lowest BCUT2D eigenvalue weighted by atomic mass is 10.0. The van der Waals surface area contributed by atoms with E-state index in [9.17, 15) is 4.39 Å². The molecule has 0 fully saturated rings. The highest BCUT2D eigenvalue weighted by atomic mass is 35.5. The number of halogens is 2. The van der Waals surface area contributed by atoms with Crippen LogP contribution in [0.15, 0.2) is 54.7 Å². The van der Waals surface area contributed by atoms with Crippen molar-refractivity contribution in [2.24, 2.45) is 0 Å². The molecule has 1 atom stereocenters. The SMILES string of the molecule is CNCCC(c1cccc(F)c1)n1ccc2c(Cl)cccc21. The maximum absolute atomic E-state index is 13.6. The van der Waals surface area contributed by atoms with E-state index in [2.05, 4.69) is 9.88 Å². The van der Waals surface area contributed by atoms with Gasteiger partial charge in [0.1, 0.15) is 5.82 Å². The first-order valence-corrected chi connectivity index (χ1v) is 7.73. The van der Waals surface area contributed by atoms with Crippen LogP contribution in [0.3, 0.4) is 0 Å². The molecule has 1 heterocycles. The molecule has 2 aromatic carbocycles. The van der Waals surface area contributed by atoms with Crippen molar-refractivity contribution >= 4 is 22.5 Å². The molecule has 0 amide bonds. The molecule has 3 aromatic rings. The van der Waals surface area contributed by atoms with E-state index in [1.807, 2.05) is 43.6 Å². The van der Waals surface area contributed by atoms with Crippen LogP contribution in [0.2, 0.25) is 5.02 Å². The van der Waals surface area contributed by atoms with Gasteiger partial charge >= 0.3 is 0 Å². The lowest BCUT2D eigenvalue weighted by molar-refractivity contribution is 0.533. The Morgan fingerprint density at radius 1 is 1.18 bits per heavy atom. The summed E-state index contributed by atoms with van der Waals surface area (Å²) < 4.78 is 15.8.